The van der Waals surface area contributed by atoms with Gasteiger partial charge in [0.1, 0.15) is 6.61 Å². The Bertz CT molecular complexity index is 672. The summed E-state index contributed by atoms with van der Waals surface area (Å²) in [6.45, 7) is 0.00252. The molecule has 0 spiro atoms. The van der Waals surface area contributed by atoms with Crippen LogP contribution < -0.4 is 9.47 Å². The van der Waals surface area contributed by atoms with E-state index in [0.29, 0.717) is 17.1 Å². The van der Waals surface area contributed by atoms with E-state index >= 15 is 0 Å². The summed E-state index contributed by atoms with van der Waals surface area (Å²) >= 11 is 0. The third kappa shape index (κ3) is 2.87. The van der Waals surface area contributed by atoms with E-state index in [9.17, 15) is 4.79 Å². The van der Waals surface area contributed by atoms with Crippen molar-refractivity contribution < 1.29 is 23.9 Å². The molecule has 102 valence electrons. The van der Waals surface area contributed by atoms with Gasteiger partial charge in [0.05, 0.1) is 18.7 Å². The molecule has 0 aliphatic carbocycles. The molecule has 0 fully saturated rings. The van der Waals surface area contributed by atoms with Crippen LogP contribution in [0.1, 0.15) is 21.8 Å². The maximum absolute atomic E-state index is 10.6. The van der Waals surface area contributed by atoms with Crippen LogP contribution in [0.4, 0.5) is 0 Å². The van der Waals surface area contributed by atoms with Crippen molar-refractivity contribution in [3.05, 3.63) is 41.3 Å². The van der Waals surface area contributed by atoms with Gasteiger partial charge in [-0.25, -0.2) is 4.79 Å². The second-order valence-corrected chi connectivity index (χ2v) is 3.75. The van der Waals surface area contributed by atoms with Gasteiger partial charge < -0.3 is 19.1 Å². The van der Waals surface area contributed by atoms with Gasteiger partial charge in [-0.2, -0.15) is 5.26 Å². The highest BCUT2D eigenvalue weighted by Crippen LogP contribution is 2.28. The minimum Gasteiger partial charge on any atom is -0.493 e. The first-order valence-electron chi connectivity index (χ1n) is 5.54. The molecule has 0 amide bonds. The normalized spacial score (nSPS) is 9.80. The van der Waals surface area contributed by atoms with Gasteiger partial charge in [-0.15, -0.1) is 0 Å². The molecule has 1 aromatic heterocycles. The van der Waals surface area contributed by atoms with E-state index in [4.69, 9.17) is 24.4 Å². The van der Waals surface area contributed by atoms with Gasteiger partial charge in [-0.05, 0) is 12.1 Å². The summed E-state index contributed by atoms with van der Waals surface area (Å²) in [6.07, 6.45) is 0. The average molecular weight is 274 g/mol. The minimum atomic E-state index is -1.17. The lowest BCUT2D eigenvalue weighted by Gasteiger charge is -2.09. The Morgan fingerprint density at radius 2 is 2.25 bits per heavy atom. The van der Waals surface area contributed by atoms with Gasteiger partial charge in [0.2, 0.25) is 0 Å². The van der Waals surface area contributed by atoms with Crippen molar-refractivity contribution in [2.24, 2.45) is 0 Å². The summed E-state index contributed by atoms with van der Waals surface area (Å²) in [5, 5.41) is 20.9. The van der Waals surface area contributed by atoms with Gasteiger partial charge in [-0.1, -0.05) is 5.16 Å². The van der Waals surface area contributed by atoms with Crippen LogP contribution in [0.2, 0.25) is 0 Å². The number of ether oxygens (including phenoxy) is 2. The average Bonchev–Trinajstić information content (AvgIpc) is 2.94. The molecule has 2 rings (SSSR count). The molecule has 0 radical (unpaired) electrons. The lowest BCUT2D eigenvalue weighted by atomic mass is 10.2. The topological polar surface area (TPSA) is 106 Å². The summed E-state index contributed by atoms with van der Waals surface area (Å²) in [5.41, 5.74) is 0.262. The van der Waals surface area contributed by atoms with Crippen molar-refractivity contribution >= 4 is 5.97 Å². The second-order valence-electron chi connectivity index (χ2n) is 3.75. The highest BCUT2D eigenvalue weighted by Gasteiger charge is 2.12. The molecule has 0 saturated heterocycles. The molecule has 1 aromatic carbocycles. The molecule has 0 bridgehead atoms. The number of aromatic carboxylic acids is 1. The summed E-state index contributed by atoms with van der Waals surface area (Å²) in [6, 6.07) is 7.98. The van der Waals surface area contributed by atoms with E-state index in [1.165, 1.54) is 13.2 Å². The van der Waals surface area contributed by atoms with Crippen LogP contribution in [-0.2, 0) is 6.61 Å². The van der Waals surface area contributed by atoms with E-state index < -0.39 is 5.97 Å². The lowest BCUT2D eigenvalue weighted by molar-refractivity contribution is 0.0685. The molecule has 0 atom stereocenters. The predicted octanol–water partition coefficient (Wildman–Crippen LogP) is 1.83. The molecular formula is C13H10N2O5. The molecular weight excluding hydrogens is 264 g/mol. The number of carboxylic acids is 1. The SMILES string of the molecule is COc1cc(C#N)ccc1OCc1cc(C(=O)O)no1. The Morgan fingerprint density at radius 1 is 1.45 bits per heavy atom. The van der Waals surface area contributed by atoms with E-state index in [1.54, 1.807) is 18.2 Å². The number of nitriles is 1. The molecule has 20 heavy (non-hydrogen) atoms. The van der Waals surface area contributed by atoms with Gasteiger partial charge >= 0.3 is 5.97 Å². The maximum Gasteiger partial charge on any atom is 0.358 e. The van der Waals surface area contributed by atoms with E-state index in [2.05, 4.69) is 5.16 Å². The Balaban J connectivity index is 2.10. The van der Waals surface area contributed by atoms with Crippen LogP contribution in [0.25, 0.3) is 0 Å². The second kappa shape index (κ2) is 5.75. The first-order valence-corrected chi connectivity index (χ1v) is 5.54. The molecule has 7 heteroatoms. The monoisotopic (exact) mass is 274 g/mol. The number of benzene rings is 1. The smallest absolute Gasteiger partial charge is 0.358 e. The zero-order valence-corrected chi connectivity index (χ0v) is 10.5. The first kappa shape index (κ1) is 13.4. The Hall–Kier alpha value is -3.01. The van der Waals surface area contributed by atoms with Crippen LogP contribution >= 0.6 is 0 Å². The quantitative estimate of drug-likeness (QED) is 0.886. The summed E-state index contributed by atoms with van der Waals surface area (Å²) in [5.74, 6) is -0.0773. The Kier molecular flexibility index (Phi) is 3.86. The molecule has 0 aliphatic heterocycles. The fourth-order valence-electron chi connectivity index (χ4n) is 1.49. The molecule has 0 saturated carbocycles. The number of hydrogen-bond donors (Lipinski definition) is 1. The fraction of sp³-hybridized carbons (Fsp3) is 0.154. The van der Waals surface area contributed by atoms with Crippen molar-refractivity contribution in [3.8, 4) is 17.6 Å². The number of rotatable bonds is 5. The van der Waals surface area contributed by atoms with Crippen molar-refractivity contribution in [2.45, 2.75) is 6.61 Å². The van der Waals surface area contributed by atoms with Crippen molar-refractivity contribution in [3.63, 3.8) is 0 Å². The molecule has 1 N–H and O–H groups in total. The molecule has 0 unspecified atom stereocenters. The largest absolute Gasteiger partial charge is 0.493 e. The zero-order chi connectivity index (χ0) is 14.5. The number of aromatic nitrogens is 1. The Morgan fingerprint density at radius 3 is 2.85 bits per heavy atom. The molecule has 2 aromatic rings. The fourth-order valence-corrected chi connectivity index (χ4v) is 1.49. The van der Waals surface area contributed by atoms with Crippen LogP contribution in [-0.4, -0.2) is 23.3 Å². The van der Waals surface area contributed by atoms with E-state index in [1.807, 2.05) is 6.07 Å². The summed E-state index contributed by atoms with van der Waals surface area (Å²) < 4.78 is 15.4. The van der Waals surface area contributed by atoms with Gasteiger partial charge in [0, 0.05) is 12.1 Å². The van der Waals surface area contributed by atoms with Gasteiger partial charge in [-0.3, -0.25) is 0 Å². The number of nitrogens with zero attached hydrogens (tertiary/aromatic N) is 2. The molecule has 1 heterocycles. The number of carbonyl (C=O) groups is 1. The first-order chi connectivity index (χ1) is 9.63. The van der Waals surface area contributed by atoms with Crippen LogP contribution in [0.5, 0.6) is 11.5 Å². The summed E-state index contributed by atoms with van der Waals surface area (Å²) in [7, 11) is 1.46. The lowest BCUT2D eigenvalue weighted by Crippen LogP contribution is -1.97. The van der Waals surface area contributed by atoms with Gasteiger partial charge in [0.15, 0.2) is 23.0 Å². The van der Waals surface area contributed by atoms with E-state index in [-0.39, 0.29) is 18.1 Å². The van der Waals surface area contributed by atoms with Crippen molar-refractivity contribution in [2.75, 3.05) is 7.11 Å². The van der Waals surface area contributed by atoms with Crippen molar-refractivity contribution in [1.82, 2.24) is 5.16 Å². The van der Waals surface area contributed by atoms with Crippen molar-refractivity contribution in [1.29, 1.82) is 5.26 Å². The molecule has 7 nitrogen and oxygen atoms in total. The minimum absolute atomic E-state index is 0.00252. The van der Waals surface area contributed by atoms with Crippen LogP contribution in [0, 0.1) is 11.3 Å². The van der Waals surface area contributed by atoms with Gasteiger partial charge in [0.25, 0.3) is 0 Å². The number of carboxylic acid groups (broad SMARTS) is 1. The third-order valence-electron chi connectivity index (χ3n) is 2.44. The van der Waals surface area contributed by atoms with E-state index in [0.717, 1.165) is 0 Å². The zero-order valence-electron chi connectivity index (χ0n) is 10.5. The summed E-state index contributed by atoms with van der Waals surface area (Å²) in [4.78, 5) is 10.6. The highest BCUT2D eigenvalue weighted by molar-refractivity contribution is 5.85. The number of methoxy groups -OCH3 is 1. The third-order valence-corrected chi connectivity index (χ3v) is 2.44. The Labute approximate surface area is 113 Å². The highest BCUT2D eigenvalue weighted by atomic mass is 16.5. The number of hydrogen-bond acceptors (Lipinski definition) is 6. The van der Waals surface area contributed by atoms with Crippen LogP contribution in [0.15, 0.2) is 28.8 Å². The predicted molar refractivity (Wildman–Crippen MR) is 65.5 cm³/mol. The molecule has 0 aliphatic rings. The standard InChI is InChI=1S/C13H10N2O5/c1-18-12-4-8(6-14)2-3-11(12)19-7-9-5-10(13(16)17)15-20-9/h2-5H,7H2,1H3,(H,16,17). The maximum atomic E-state index is 10.6. The van der Waals surface area contributed by atoms with Crippen LogP contribution in [0.3, 0.4) is 0 Å².